The van der Waals surface area contributed by atoms with E-state index in [1.54, 1.807) is 24.3 Å². The number of sulfone groups is 1. The highest BCUT2D eigenvalue weighted by atomic mass is 32.2. The summed E-state index contributed by atoms with van der Waals surface area (Å²) in [6.45, 7) is 4.48. The van der Waals surface area contributed by atoms with Crippen LogP contribution in [0.25, 0.3) is 0 Å². The first-order valence-electron chi connectivity index (χ1n) is 14.0. The Morgan fingerprint density at radius 1 is 1.05 bits per heavy atom. The van der Waals surface area contributed by atoms with Gasteiger partial charge >= 0.3 is 0 Å². The Hall–Kier alpha value is -2.75. The van der Waals surface area contributed by atoms with Crippen molar-refractivity contribution in [3.8, 4) is 0 Å². The molecule has 3 aliphatic heterocycles. The molecule has 1 N–H and O–H groups in total. The molecule has 0 aliphatic carbocycles. The standard InChI is InChI=1S/C30H39N3O5S/c1-39(36,37)25-11-9-23(10-12-25)22-33-20-16-30(29(33)35)14-18-32(19-15-30)17-13-26(24-6-3-2-4-7-24)31-28(34)27-8-5-21-38-27/h2-4,6-7,9-12,26-27H,5,8,13-22H2,1H3,(H,31,34)/t26-,27+/m0/s1. The smallest absolute Gasteiger partial charge is 0.249 e. The number of hydrogen-bond acceptors (Lipinski definition) is 6. The molecule has 0 unspecified atom stereocenters. The SMILES string of the molecule is CS(=O)(=O)c1ccc(CN2CCC3(CCN(CC[C@H](NC(=O)[C@H]4CCCO4)c4ccccc4)CC3)C2=O)cc1. The van der Waals surface area contributed by atoms with Crippen molar-refractivity contribution in [1.82, 2.24) is 15.1 Å². The number of nitrogens with zero attached hydrogens (tertiary/aromatic N) is 2. The molecule has 0 aromatic heterocycles. The summed E-state index contributed by atoms with van der Waals surface area (Å²) in [5.74, 6) is 0.196. The summed E-state index contributed by atoms with van der Waals surface area (Å²) in [5.41, 5.74) is 1.75. The van der Waals surface area contributed by atoms with Gasteiger partial charge in [0.15, 0.2) is 9.84 Å². The fourth-order valence-electron chi connectivity index (χ4n) is 6.14. The maximum atomic E-state index is 13.5. The second-order valence-electron chi connectivity index (χ2n) is 11.3. The molecule has 2 aromatic rings. The molecule has 5 rings (SSSR count). The van der Waals surface area contributed by atoms with Crippen LogP contribution in [0.5, 0.6) is 0 Å². The van der Waals surface area contributed by atoms with Crippen LogP contribution in [0.15, 0.2) is 59.5 Å². The lowest BCUT2D eigenvalue weighted by molar-refractivity contribution is -0.139. The fourth-order valence-corrected chi connectivity index (χ4v) is 6.77. The quantitative estimate of drug-likeness (QED) is 0.512. The van der Waals surface area contributed by atoms with Crippen molar-refractivity contribution in [2.75, 3.05) is 39.0 Å². The van der Waals surface area contributed by atoms with Crippen LogP contribution in [-0.4, -0.2) is 75.2 Å². The highest BCUT2D eigenvalue weighted by Crippen LogP contribution is 2.42. The van der Waals surface area contributed by atoms with Crippen LogP contribution < -0.4 is 5.32 Å². The molecule has 2 atom stereocenters. The van der Waals surface area contributed by atoms with Crippen molar-refractivity contribution in [1.29, 1.82) is 0 Å². The average Bonchev–Trinajstić information content (AvgIpc) is 3.58. The van der Waals surface area contributed by atoms with Crippen LogP contribution in [0.3, 0.4) is 0 Å². The van der Waals surface area contributed by atoms with E-state index in [4.69, 9.17) is 4.74 Å². The van der Waals surface area contributed by atoms with Gasteiger partial charge in [-0.3, -0.25) is 9.59 Å². The minimum absolute atomic E-state index is 0.0263. The van der Waals surface area contributed by atoms with Crippen LogP contribution in [0, 0.1) is 5.41 Å². The first-order valence-corrected chi connectivity index (χ1v) is 15.9. The van der Waals surface area contributed by atoms with Crippen LogP contribution in [-0.2, 0) is 30.7 Å². The predicted molar refractivity (Wildman–Crippen MR) is 149 cm³/mol. The number of ether oxygens (including phenoxy) is 1. The Morgan fingerprint density at radius 2 is 1.74 bits per heavy atom. The molecule has 3 fully saturated rings. The van der Waals surface area contributed by atoms with Gasteiger partial charge in [0, 0.05) is 32.5 Å². The van der Waals surface area contributed by atoms with E-state index >= 15 is 0 Å². The number of rotatable bonds is 9. The minimum Gasteiger partial charge on any atom is -0.368 e. The van der Waals surface area contributed by atoms with Crippen molar-refractivity contribution in [3.63, 3.8) is 0 Å². The Balaban J connectivity index is 1.14. The van der Waals surface area contributed by atoms with Crippen molar-refractivity contribution in [3.05, 3.63) is 65.7 Å². The summed E-state index contributed by atoms with van der Waals surface area (Å²) in [6, 6.07) is 16.9. The molecule has 210 valence electrons. The largest absolute Gasteiger partial charge is 0.368 e. The molecule has 0 radical (unpaired) electrons. The number of carbonyl (C=O) groups is 2. The van der Waals surface area contributed by atoms with E-state index in [1.807, 2.05) is 23.1 Å². The number of nitrogens with one attached hydrogen (secondary N) is 1. The summed E-state index contributed by atoms with van der Waals surface area (Å²) in [5, 5.41) is 3.23. The molecule has 3 aliphatic rings. The molecule has 0 bridgehead atoms. The van der Waals surface area contributed by atoms with Gasteiger partial charge in [0.25, 0.3) is 0 Å². The molecule has 1 spiro atoms. The first kappa shape index (κ1) is 27.8. The summed E-state index contributed by atoms with van der Waals surface area (Å²) in [6.07, 6.45) is 5.91. The van der Waals surface area contributed by atoms with E-state index in [0.717, 1.165) is 75.8 Å². The molecule has 2 aromatic carbocycles. The zero-order valence-electron chi connectivity index (χ0n) is 22.7. The van der Waals surface area contributed by atoms with Gasteiger partial charge in [0.05, 0.1) is 16.4 Å². The number of benzene rings is 2. The summed E-state index contributed by atoms with van der Waals surface area (Å²) < 4.78 is 29.1. The van der Waals surface area contributed by atoms with Crippen molar-refractivity contribution < 1.29 is 22.7 Å². The van der Waals surface area contributed by atoms with Crippen LogP contribution in [0.1, 0.15) is 55.7 Å². The second kappa shape index (κ2) is 11.8. The topological polar surface area (TPSA) is 96.0 Å². The zero-order chi connectivity index (χ0) is 27.5. The summed E-state index contributed by atoms with van der Waals surface area (Å²) in [7, 11) is -3.23. The van der Waals surface area contributed by atoms with E-state index in [-0.39, 0.29) is 29.4 Å². The monoisotopic (exact) mass is 553 g/mol. The second-order valence-corrected chi connectivity index (χ2v) is 13.3. The van der Waals surface area contributed by atoms with E-state index < -0.39 is 9.84 Å². The fraction of sp³-hybridized carbons (Fsp3) is 0.533. The van der Waals surface area contributed by atoms with E-state index in [9.17, 15) is 18.0 Å². The Bertz CT molecular complexity index is 1250. The number of hydrogen-bond donors (Lipinski definition) is 1. The van der Waals surface area contributed by atoms with Crippen molar-refractivity contribution in [2.45, 2.75) is 62.1 Å². The molecule has 0 saturated carbocycles. The molecule has 3 saturated heterocycles. The van der Waals surface area contributed by atoms with Gasteiger partial charge in [-0.25, -0.2) is 8.42 Å². The van der Waals surface area contributed by atoms with E-state index in [0.29, 0.717) is 18.0 Å². The Morgan fingerprint density at radius 3 is 2.38 bits per heavy atom. The van der Waals surface area contributed by atoms with Crippen molar-refractivity contribution >= 4 is 21.7 Å². The van der Waals surface area contributed by atoms with Crippen molar-refractivity contribution in [2.24, 2.45) is 5.41 Å². The third kappa shape index (κ3) is 6.53. The lowest BCUT2D eigenvalue weighted by Gasteiger charge is -2.38. The Labute approximate surface area is 231 Å². The summed E-state index contributed by atoms with van der Waals surface area (Å²) >= 11 is 0. The Kier molecular flexibility index (Phi) is 8.40. The third-order valence-corrected chi connectivity index (χ3v) is 9.74. The maximum Gasteiger partial charge on any atom is 0.249 e. The van der Waals surface area contributed by atoms with E-state index in [1.165, 1.54) is 6.26 Å². The lowest BCUT2D eigenvalue weighted by Crippen LogP contribution is -2.45. The molecule has 8 nitrogen and oxygen atoms in total. The number of piperidine rings is 1. The lowest BCUT2D eigenvalue weighted by atomic mass is 9.77. The molecule has 9 heteroatoms. The maximum absolute atomic E-state index is 13.5. The predicted octanol–water partition coefficient (Wildman–Crippen LogP) is 3.33. The molecular formula is C30H39N3O5S. The highest BCUT2D eigenvalue weighted by Gasteiger charge is 2.47. The van der Waals surface area contributed by atoms with Gasteiger partial charge in [-0.2, -0.15) is 0 Å². The highest BCUT2D eigenvalue weighted by molar-refractivity contribution is 7.90. The van der Waals surface area contributed by atoms with Crippen LogP contribution >= 0.6 is 0 Å². The zero-order valence-corrected chi connectivity index (χ0v) is 23.5. The van der Waals surface area contributed by atoms with Gasteiger partial charge in [0.2, 0.25) is 11.8 Å². The number of carbonyl (C=O) groups excluding carboxylic acids is 2. The van der Waals surface area contributed by atoms with Crippen LogP contribution in [0.2, 0.25) is 0 Å². The first-order chi connectivity index (χ1) is 18.7. The molecular weight excluding hydrogens is 514 g/mol. The van der Waals surface area contributed by atoms with Gasteiger partial charge < -0.3 is 19.9 Å². The van der Waals surface area contributed by atoms with Gasteiger partial charge in [-0.15, -0.1) is 0 Å². The number of amides is 2. The summed E-state index contributed by atoms with van der Waals surface area (Å²) in [4.78, 5) is 30.9. The molecule has 2 amide bonds. The minimum atomic E-state index is -3.23. The van der Waals surface area contributed by atoms with Gasteiger partial charge in [-0.1, -0.05) is 42.5 Å². The average molecular weight is 554 g/mol. The van der Waals surface area contributed by atoms with E-state index in [2.05, 4.69) is 22.3 Å². The van der Waals surface area contributed by atoms with Gasteiger partial charge in [0.1, 0.15) is 6.10 Å². The molecule has 39 heavy (non-hydrogen) atoms. The third-order valence-electron chi connectivity index (χ3n) is 8.61. The van der Waals surface area contributed by atoms with Crippen LogP contribution in [0.4, 0.5) is 0 Å². The normalized spacial score (nSPS) is 22.3. The number of likely N-dealkylation sites (tertiary alicyclic amines) is 2. The van der Waals surface area contributed by atoms with Gasteiger partial charge in [-0.05, 0) is 74.9 Å². The molecule has 3 heterocycles.